The molecule has 6 nitrogen and oxygen atoms in total. The van der Waals surface area contributed by atoms with Gasteiger partial charge in [-0.1, -0.05) is 55.3 Å². The molecule has 2 aromatic rings. The van der Waals surface area contributed by atoms with Crippen LogP contribution in [-0.2, 0) is 14.8 Å². The monoisotopic (exact) mass is 442 g/mol. The molecular weight excluding hydrogens is 412 g/mol. The van der Waals surface area contributed by atoms with E-state index in [0.717, 1.165) is 48.0 Å². The van der Waals surface area contributed by atoms with Crippen LogP contribution in [0, 0.1) is 0 Å². The van der Waals surface area contributed by atoms with E-state index in [1.54, 1.807) is 13.2 Å². The van der Waals surface area contributed by atoms with Crippen LogP contribution in [-0.4, -0.2) is 39.4 Å². The van der Waals surface area contributed by atoms with Crippen LogP contribution in [0.15, 0.2) is 60.0 Å². The molecule has 0 radical (unpaired) electrons. The quantitative estimate of drug-likeness (QED) is 0.667. The van der Waals surface area contributed by atoms with E-state index >= 15 is 0 Å². The fourth-order valence-corrected chi connectivity index (χ4v) is 4.62. The number of benzene rings is 2. The lowest BCUT2D eigenvalue weighted by Gasteiger charge is -2.30. The average molecular weight is 443 g/mol. The molecule has 3 rings (SSSR count). The van der Waals surface area contributed by atoms with Gasteiger partial charge < -0.3 is 9.64 Å². The molecule has 0 aliphatic carbocycles. The number of amides is 1. The van der Waals surface area contributed by atoms with Gasteiger partial charge in [0.05, 0.1) is 13.2 Å². The first kappa shape index (κ1) is 23.0. The van der Waals surface area contributed by atoms with Gasteiger partial charge in [-0.3, -0.25) is 4.79 Å². The van der Waals surface area contributed by atoms with Gasteiger partial charge in [-0.2, -0.15) is 0 Å². The number of likely N-dealkylation sites (tertiary alicyclic amines) is 1. The number of carbonyl (C=O) groups is 1. The molecule has 2 aromatic carbocycles. The highest BCUT2D eigenvalue weighted by Gasteiger charge is 2.26. The minimum Gasteiger partial charge on any atom is -0.497 e. The van der Waals surface area contributed by atoms with Crippen molar-refractivity contribution >= 4 is 22.0 Å². The fourth-order valence-electron chi connectivity index (χ4n) is 3.80. The highest BCUT2D eigenvalue weighted by atomic mass is 32.2. The summed E-state index contributed by atoms with van der Waals surface area (Å²) in [6.45, 7) is 0.766. The lowest BCUT2D eigenvalue weighted by atomic mass is 10.0. The minimum atomic E-state index is -3.60. The summed E-state index contributed by atoms with van der Waals surface area (Å²) >= 11 is 0. The molecular formula is C24H30N2O4S. The van der Waals surface area contributed by atoms with Crippen LogP contribution in [0.5, 0.6) is 5.75 Å². The van der Waals surface area contributed by atoms with Crippen LogP contribution in [0.1, 0.15) is 49.3 Å². The molecule has 0 saturated carbocycles. The minimum absolute atomic E-state index is 0.00971. The van der Waals surface area contributed by atoms with Crippen LogP contribution in [0.3, 0.4) is 0 Å². The SMILES string of the molecule is COc1ccc(C2CCCCCN2C(=O)CCNS(=O)(=O)/C=C/c2ccccc2)cc1. The Bertz CT molecular complexity index is 972. The Labute approximate surface area is 185 Å². The summed E-state index contributed by atoms with van der Waals surface area (Å²) in [5.41, 5.74) is 1.89. The second kappa shape index (κ2) is 11.1. The summed E-state index contributed by atoms with van der Waals surface area (Å²) in [6, 6.07) is 17.1. The lowest BCUT2D eigenvalue weighted by molar-refractivity contribution is -0.133. The van der Waals surface area contributed by atoms with Crippen LogP contribution in [0.4, 0.5) is 0 Å². The predicted molar refractivity (Wildman–Crippen MR) is 123 cm³/mol. The van der Waals surface area contributed by atoms with Crippen molar-refractivity contribution in [1.29, 1.82) is 0 Å². The number of nitrogens with one attached hydrogen (secondary N) is 1. The van der Waals surface area contributed by atoms with E-state index in [0.29, 0.717) is 6.54 Å². The summed E-state index contributed by atoms with van der Waals surface area (Å²) in [4.78, 5) is 14.9. The Morgan fingerprint density at radius 3 is 2.55 bits per heavy atom. The molecule has 1 unspecified atom stereocenters. The standard InChI is InChI=1S/C24H30N2O4S/c1-30-22-13-11-21(12-14-22)23-10-6-3-7-18-26(23)24(27)15-17-25-31(28,29)19-16-20-8-4-2-5-9-20/h2,4-5,8-9,11-14,16,19,23,25H,3,6-7,10,15,17-18H2,1H3/b19-16+. The fraction of sp³-hybridized carbons (Fsp3) is 0.375. The van der Waals surface area contributed by atoms with Crippen molar-refractivity contribution in [2.75, 3.05) is 20.2 Å². The molecule has 166 valence electrons. The van der Waals surface area contributed by atoms with Crippen molar-refractivity contribution < 1.29 is 17.9 Å². The van der Waals surface area contributed by atoms with E-state index in [4.69, 9.17) is 4.74 Å². The van der Waals surface area contributed by atoms with Crippen molar-refractivity contribution in [2.45, 2.75) is 38.1 Å². The number of nitrogens with zero attached hydrogens (tertiary/aromatic N) is 1. The molecule has 1 aliphatic heterocycles. The lowest BCUT2D eigenvalue weighted by Crippen LogP contribution is -2.37. The Kier molecular flexibility index (Phi) is 8.26. The number of methoxy groups -OCH3 is 1. The van der Waals surface area contributed by atoms with Crippen LogP contribution in [0.2, 0.25) is 0 Å². The van der Waals surface area contributed by atoms with Gasteiger partial charge in [0.1, 0.15) is 5.75 Å². The zero-order valence-electron chi connectivity index (χ0n) is 17.9. The summed E-state index contributed by atoms with van der Waals surface area (Å²) in [7, 11) is -1.97. The highest BCUT2D eigenvalue weighted by molar-refractivity contribution is 7.92. The maximum Gasteiger partial charge on any atom is 0.233 e. The molecule has 31 heavy (non-hydrogen) atoms. The zero-order chi connectivity index (χ0) is 22.1. The van der Waals surface area contributed by atoms with Gasteiger partial charge in [0, 0.05) is 24.9 Å². The van der Waals surface area contributed by atoms with E-state index in [9.17, 15) is 13.2 Å². The van der Waals surface area contributed by atoms with Gasteiger partial charge in [-0.05, 0) is 42.2 Å². The molecule has 1 fully saturated rings. The molecule has 1 N–H and O–H groups in total. The molecule has 0 bridgehead atoms. The summed E-state index contributed by atoms with van der Waals surface area (Å²) < 4.78 is 32.2. The zero-order valence-corrected chi connectivity index (χ0v) is 18.7. The third-order valence-electron chi connectivity index (χ3n) is 5.46. The first-order valence-electron chi connectivity index (χ1n) is 10.6. The number of rotatable bonds is 8. The van der Waals surface area contributed by atoms with E-state index in [1.165, 1.54) is 0 Å². The Morgan fingerprint density at radius 2 is 1.84 bits per heavy atom. The second-order valence-corrected chi connectivity index (χ2v) is 9.28. The summed E-state index contributed by atoms with van der Waals surface area (Å²) in [5, 5.41) is 1.14. The molecule has 0 aromatic heterocycles. The van der Waals surface area contributed by atoms with E-state index in [2.05, 4.69) is 4.72 Å². The maximum atomic E-state index is 13.0. The number of hydrogen-bond donors (Lipinski definition) is 1. The second-order valence-electron chi connectivity index (χ2n) is 7.63. The number of hydrogen-bond acceptors (Lipinski definition) is 4. The summed E-state index contributed by atoms with van der Waals surface area (Å²) in [5.74, 6) is 0.755. The molecule has 1 atom stereocenters. The topological polar surface area (TPSA) is 75.7 Å². The van der Waals surface area contributed by atoms with Crippen LogP contribution >= 0.6 is 0 Å². The molecule has 1 amide bonds. The average Bonchev–Trinajstić information content (AvgIpc) is 3.05. The van der Waals surface area contributed by atoms with Gasteiger partial charge in [-0.25, -0.2) is 13.1 Å². The van der Waals surface area contributed by atoms with Gasteiger partial charge >= 0.3 is 0 Å². The Morgan fingerprint density at radius 1 is 1.10 bits per heavy atom. The molecule has 1 aliphatic rings. The van der Waals surface area contributed by atoms with Crippen molar-refractivity contribution in [3.05, 3.63) is 71.1 Å². The molecule has 1 heterocycles. The predicted octanol–water partition coefficient (Wildman–Crippen LogP) is 4.12. The van der Waals surface area contributed by atoms with Crippen LogP contribution in [0.25, 0.3) is 6.08 Å². The third-order valence-corrected chi connectivity index (χ3v) is 6.56. The first-order chi connectivity index (χ1) is 15.0. The van der Waals surface area contributed by atoms with Crippen LogP contribution < -0.4 is 9.46 Å². The first-order valence-corrected chi connectivity index (χ1v) is 12.2. The van der Waals surface area contributed by atoms with Gasteiger partial charge in [0.2, 0.25) is 15.9 Å². The van der Waals surface area contributed by atoms with E-state index < -0.39 is 10.0 Å². The molecule has 1 saturated heterocycles. The highest BCUT2D eigenvalue weighted by Crippen LogP contribution is 2.31. The van der Waals surface area contributed by atoms with Crippen molar-refractivity contribution in [2.24, 2.45) is 0 Å². The third kappa shape index (κ3) is 6.94. The van der Waals surface area contributed by atoms with Gasteiger partial charge in [0.15, 0.2) is 0 Å². The number of sulfonamides is 1. The molecule has 0 spiro atoms. The maximum absolute atomic E-state index is 13.0. The number of carbonyl (C=O) groups excluding carboxylic acids is 1. The van der Waals surface area contributed by atoms with E-state index in [-0.39, 0.29) is 24.9 Å². The van der Waals surface area contributed by atoms with E-state index in [1.807, 2.05) is 59.5 Å². The van der Waals surface area contributed by atoms with Gasteiger partial charge in [0.25, 0.3) is 0 Å². The van der Waals surface area contributed by atoms with Crippen molar-refractivity contribution in [3.63, 3.8) is 0 Å². The normalized spacial score (nSPS) is 17.5. The largest absolute Gasteiger partial charge is 0.497 e. The van der Waals surface area contributed by atoms with Gasteiger partial charge in [-0.15, -0.1) is 0 Å². The van der Waals surface area contributed by atoms with Crippen molar-refractivity contribution in [1.82, 2.24) is 9.62 Å². The summed E-state index contributed by atoms with van der Waals surface area (Å²) in [6.07, 6.45) is 5.70. The number of ether oxygens (including phenoxy) is 1. The van der Waals surface area contributed by atoms with Crippen molar-refractivity contribution in [3.8, 4) is 5.75 Å². The Hall–Kier alpha value is -2.64. The molecule has 7 heteroatoms. The smallest absolute Gasteiger partial charge is 0.233 e. The Balaban J connectivity index is 1.59.